The normalized spacial score (nSPS) is 16.3. The number of aryl methyl sites for hydroxylation is 1. The highest BCUT2D eigenvalue weighted by Gasteiger charge is 2.31. The highest BCUT2D eigenvalue weighted by molar-refractivity contribution is 5.83. The van der Waals surface area contributed by atoms with Crippen LogP contribution in [0.25, 0.3) is 0 Å². The summed E-state index contributed by atoms with van der Waals surface area (Å²) in [6, 6.07) is 11.9. The Bertz CT molecular complexity index is 798. The molecule has 1 aromatic carbocycles. The van der Waals surface area contributed by atoms with Gasteiger partial charge in [0.15, 0.2) is 0 Å². The van der Waals surface area contributed by atoms with E-state index in [1.807, 2.05) is 51.4 Å². The maximum atomic E-state index is 12.9. The van der Waals surface area contributed by atoms with Crippen LogP contribution in [0.2, 0.25) is 0 Å². The second-order valence-corrected chi connectivity index (χ2v) is 7.95. The monoisotopic (exact) mass is 381 g/mol. The Balaban J connectivity index is 1.77. The van der Waals surface area contributed by atoms with Crippen LogP contribution in [-0.4, -0.2) is 65.9 Å². The van der Waals surface area contributed by atoms with Crippen LogP contribution in [0, 0.1) is 6.92 Å². The molecule has 0 bridgehead atoms. The molecule has 1 aliphatic rings. The van der Waals surface area contributed by atoms with Gasteiger partial charge in [0, 0.05) is 58.0 Å². The number of aromatic nitrogens is 2. The first kappa shape index (κ1) is 20.3. The van der Waals surface area contributed by atoms with Crippen molar-refractivity contribution in [3.63, 3.8) is 0 Å². The number of amides is 1. The van der Waals surface area contributed by atoms with E-state index in [4.69, 9.17) is 4.98 Å². The molecule has 150 valence electrons. The highest BCUT2D eigenvalue weighted by Crippen LogP contribution is 2.26. The van der Waals surface area contributed by atoms with Gasteiger partial charge < -0.3 is 9.80 Å². The van der Waals surface area contributed by atoms with Gasteiger partial charge in [0.1, 0.15) is 17.7 Å². The molecule has 6 nitrogen and oxygen atoms in total. The lowest BCUT2D eigenvalue weighted by Crippen LogP contribution is -2.51. The van der Waals surface area contributed by atoms with Gasteiger partial charge in [-0.2, -0.15) is 0 Å². The Morgan fingerprint density at radius 3 is 2.25 bits per heavy atom. The summed E-state index contributed by atoms with van der Waals surface area (Å²) in [5.41, 5.74) is 2.05. The number of carbonyl (C=O) groups excluding carboxylic acids is 1. The molecule has 3 rings (SSSR count). The number of hydrogen-bond acceptors (Lipinski definition) is 5. The number of rotatable bonds is 5. The molecule has 0 spiro atoms. The van der Waals surface area contributed by atoms with E-state index in [-0.39, 0.29) is 11.9 Å². The zero-order valence-electron chi connectivity index (χ0n) is 17.6. The van der Waals surface area contributed by atoms with Crippen molar-refractivity contribution in [3.8, 4) is 0 Å². The summed E-state index contributed by atoms with van der Waals surface area (Å²) in [6.45, 7) is 9.59. The topological polar surface area (TPSA) is 52.6 Å². The molecule has 1 fully saturated rings. The van der Waals surface area contributed by atoms with Crippen LogP contribution in [0.15, 0.2) is 36.4 Å². The van der Waals surface area contributed by atoms with Gasteiger partial charge in [-0.15, -0.1) is 0 Å². The predicted molar refractivity (Wildman–Crippen MR) is 113 cm³/mol. The van der Waals surface area contributed by atoms with Crippen LogP contribution in [-0.2, 0) is 4.79 Å². The quantitative estimate of drug-likeness (QED) is 0.797. The molecule has 0 aliphatic carbocycles. The zero-order valence-corrected chi connectivity index (χ0v) is 17.6. The van der Waals surface area contributed by atoms with Gasteiger partial charge in [0.2, 0.25) is 5.91 Å². The van der Waals surface area contributed by atoms with E-state index in [1.54, 1.807) is 4.90 Å². The average molecular weight is 382 g/mol. The third-order valence-electron chi connectivity index (χ3n) is 5.17. The minimum atomic E-state index is -0.239. The molecule has 0 saturated carbocycles. The minimum absolute atomic E-state index is 0.125. The first-order valence-electron chi connectivity index (χ1n) is 9.97. The number of piperazine rings is 1. The van der Waals surface area contributed by atoms with Crippen LogP contribution in [0.4, 0.5) is 5.82 Å². The fourth-order valence-electron chi connectivity index (χ4n) is 3.59. The Hall–Kier alpha value is -2.47. The molecular weight excluding hydrogens is 350 g/mol. The van der Waals surface area contributed by atoms with Gasteiger partial charge in [-0.1, -0.05) is 44.2 Å². The van der Waals surface area contributed by atoms with Crippen LogP contribution < -0.4 is 4.90 Å². The molecule has 0 radical (unpaired) electrons. The number of benzene rings is 1. The van der Waals surface area contributed by atoms with E-state index in [0.717, 1.165) is 49.1 Å². The lowest BCUT2D eigenvalue weighted by atomic mass is 10.0. The summed E-state index contributed by atoms with van der Waals surface area (Å²) in [4.78, 5) is 28.5. The summed E-state index contributed by atoms with van der Waals surface area (Å²) in [7, 11) is 3.65. The summed E-state index contributed by atoms with van der Waals surface area (Å²) in [5, 5.41) is 0. The van der Waals surface area contributed by atoms with E-state index in [9.17, 15) is 4.79 Å². The van der Waals surface area contributed by atoms with Gasteiger partial charge in [0.25, 0.3) is 0 Å². The molecule has 1 aromatic heterocycles. The van der Waals surface area contributed by atoms with Crippen LogP contribution in [0.5, 0.6) is 0 Å². The Morgan fingerprint density at radius 1 is 1.04 bits per heavy atom. The highest BCUT2D eigenvalue weighted by atomic mass is 16.2. The van der Waals surface area contributed by atoms with E-state index in [2.05, 4.69) is 34.7 Å². The summed E-state index contributed by atoms with van der Waals surface area (Å²) >= 11 is 0. The molecular formula is C22H31N5O. The molecule has 1 amide bonds. The summed E-state index contributed by atoms with van der Waals surface area (Å²) in [6.07, 6.45) is 0. The number of hydrogen-bond donors (Lipinski definition) is 0. The lowest BCUT2D eigenvalue weighted by Gasteiger charge is -2.40. The SMILES string of the molecule is Cc1cc(N2CCN(C(C(=O)N(C)C)c3ccccc3)CC2)nc(C(C)C)n1. The van der Waals surface area contributed by atoms with Crippen molar-refractivity contribution in [2.45, 2.75) is 32.7 Å². The predicted octanol–water partition coefficient (Wildman–Crippen LogP) is 2.86. The van der Waals surface area contributed by atoms with Crippen LogP contribution >= 0.6 is 0 Å². The van der Waals surface area contributed by atoms with E-state index < -0.39 is 0 Å². The van der Waals surface area contributed by atoms with Crippen molar-refractivity contribution in [1.82, 2.24) is 19.8 Å². The van der Waals surface area contributed by atoms with Crippen molar-refractivity contribution in [1.29, 1.82) is 0 Å². The zero-order chi connectivity index (χ0) is 20.3. The van der Waals surface area contributed by atoms with Gasteiger partial charge in [-0.25, -0.2) is 9.97 Å². The molecule has 1 saturated heterocycles. The Labute approximate surface area is 168 Å². The number of nitrogens with zero attached hydrogens (tertiary/aromatic N) is 5. The van der Waals surface area contributed by atoms with E-state index in [1.165, 1.54) is 0 Å². The van der Waals surface area contributed by atoms with E-state index >= 15 is 0 Å². The lowest BCUT2D eigenvalue weighted by molar-refractivity contribution is -0.134. The van der Waals surface area contributed by atoms with E-state index in [0.29, 0.717) is 5.92 Å². The molecule has 0 N–H and O–H groups in total. The van der Waals surface area contributed by atoms with Crippen LogP contribution in [0.3, 0.4) is 0 Å². The summed E-state index contributed by atoms with van der Waals surface area (Å²) in [5.74, 6) is 2.31. The molecule has 1 atom stereocenters. The maximum absolute atomic E-state index is 12.9. The van der Waals surface area contributed by atoms with Crippen molar-refractivity contribution in [3.05, 3.63) is 53.5 Å². The second-order valence-electron chi connectivity index (χ2n) is 7.95. The molecule has 2 heterocycles. The Morgan fingerprint density at radius 2 is 1.68 bits per heavy atom. The number of anilines is 1. The molecule has 1 unspecified atom stereocenters. The standard InChI is InChI=1S/C22H31N5O/c1-16(2)21-23-17(3)15-19(24-21)26-11-13-27(14-12-26)20(22(28)25(4)5)18-9-7-6-8-10-18/h6-10,15-16,20H,11-14H2,1-5H3. The average Bonchev–Trinajstić information content (AvgIpc) is 2.69. The van der Waals surface area contributed by atoms with Gasteiger partial charge >= 0.3 is 0 Å². The third-order valence-corrected chi connectivity index (χ3v) is 5.17. The fourth-order valence-corrected chi connectivity index (χ4v) is 3.59. The van der Waals surface area contributed by atoms with Gasteiger partial charge in [0.05, 0.1) is 0 Å². The Kier molecular flexibility index (Phi) is 6.29. The van der Waals surface area contributed by atoms with Gasteiger partial charge in [-0.3, -0.25) is 9.69 Å². The van der Waals surface area contributed by atoms with Crippen molar-refractivity contribution in [2.24, 2.45) is 0 Å². The fraction of sp³-hybridized carbons (Fsp3) is 0.500. The molecule has 2 aromatic rings. The maximum Gasteiger partial charge on any atom is 0.244 e. The smallest absolute Gasteiger partial charge is 0.244 e. The number of carbonyl (C=O) groups is 1. The molecule has 1 aliphatic heterocycles. The number of likely N-dealkylation sites (N-methyl/N-ethyl adjacent to an activating group) is 1. The van der Waals surface area contributed by atoms with Crippen LogP contribution in [0.1, 0.15) is 42.9 Å². The van der Waals surface area contributed by atoms with Crippen molar-refractivity contribution < 1.29 is 4.79 Å². The minimum Gasteiger partial charge on any atom is -0.354 e. The van der Waals surface area contributed by atoms with Crippen molar-refractivity contribution >= 4 is 11.7 Å². The largest absolute Gasteiger partial charge is 0.354 e. The van der Waals surface area contributed by atoms with Crippen molar-refractivity contribution in [2.75, 3.05) is 45.2 Å². The molecule has 6 heteroatoms. The van der Waals surface area contributed by atoms with Gasteiger partial charge in [-0.05, 0) is 12.5 Å². The third kappa shape index (κ3) is 4.50. The summed E-state index contributed by atoms with van der Waals surface area (Å²) < 4.78 is 0. The second kappa shape index (κ2) is 8.69. The first-order chi connectivity index (χ1) is 13.4. The first-order valence-corrected chi connectivity index (χ1v) is 9.97. The molecule has 28 heavy (non-hydrogen) atoms.